The summed E-state index contributed by atoms with van der Waals surface area (Å²) in [5.41, 5.74) is 2.09. The smallest absolute Gasteiger partial charge is 0.119 e. The minimum absolute atomic E-state index is 0.464. The molecule has 1 aliphatic heterocycles. The van der Waals surface area contributed by atoms with Gasteiger partial charge < -0.3 is 14.7 Å². The van der Waals surface area contributed by atoms with Crippen LogP contribution in [0.15, 0.2) is 54.6 Å². The summed E-state index contributed by atoms with van der Waals surface area (Å²) in [6.07, 6.45) is -0.464. The summed E-state index contributed by atoms with van der Waals surface area (Å²) in [5, 5.41) is 10.6. The van der Waals surface area contributed by atoms with E-state index in [-0.39, 0.29) is 0 Å². The van der Waals surface area contributed by atoms with E-state index < -0.39 is 6.10 Å². The van der Waals surface area contributed by atoms with Crippen molar-refractivity contribution in [1.29, 1.82) is 0 Å². The first-order chi connectivity index (χ1) is 12.1. The molecular weight excluding hydrogens is 312 g/mol. The van der Waals surface area contributed by atoms with Crippen molar-refractivity contribution in [2.45, 2.75) is 25.7 Å². The normalized spacial score (nSPS) is 20.4. The van der Waals surface area contributed by atoms with Crippen molar-refractivity contribution in [2.75, 3.05) is 33.2 Å². The van der Waals surface area contributed by atoms with Crippen molar-refractivity contribution in [3.05, 3.63) is 65.7 Å². The van der Waals surface area contributed by atoms with Gasteiger partial charge in [-0.1, -0.05) is 42.5 Å². The highest BCUT2D eigenvalue weighted by Crippen LogP contribution is 2.21. The molecule has 3 rings (SSSR count). The number of hydrogen-bond donors (Lipinski definition) is 1. The van der Waals surface area contributed by atoms with Gasteiger partial charge in [0, 0.05) is 32.2 Å². The van der Waals surface area contributed by atoms with E-state index >= 15 is 0 Å². The van der Waals surface area contributed by atoms with E-state index in [1.807, 2.05) is 42.5 Å². The van der Waals surface area contributed by atoms with Gasteiger partial charge in [0.2, 0.25) is 0 Å². The fourth-order valence-electron chi connectivity index (χ4n) is 3.30. The topological polar surface area (TPSA) is 35.9 Å². The standard InChI is InChI=1S/C21H28N2O2/c1-17-14-22(2)12-13-23(17)15-21(24)19-8-10-20(11-9-19)25-16-18-6-4-3-5-7-18/h3-11,17,21,24H,12-16H2,1-2H3/t17-,21-/m1/s1. The van der Waals surface area contributed by atoms with Crippen LogP contribution >= 0.6 is 0 Å². The van der Waals surface area contributed by atoms with Crippen LogP contribution in [-0.2, 0) is 6.61 Å². The monoisotopic (exact) mass is 340 g/mol. The molecule has 2 aromatic carbocycles. The number of rotatable bonds is 6. The van der Waals surface area contributed by atoms with Gasteiger partial charge in [-0.3, -0.25) is 4.90 Å². The molecule has 0 aliphatic carbocycles. The van der Waals surface area contributed by atoms with Crippen molar-refractivity contribution in [2.24, 2.45) is 0 Å². The maximum Gasteiger partial charge on any atom is 0.119 e. The molecule has 0 radical (unpaired) electrons. The number of piperazine rings is 1. The van der Waals surface area contributed by atoms with Crippen molar-refractivity contribution in [3.8, 4) is 5.75 Å². The third-order valence-corrected chi connectivity index (χ3v) is 4.89. The van der Waals surface area contributed by atoms with E-state index in [1.54, 1.807) is 0 Å². The van der Waals surface area contributed by atoms with Crippen molar-refractivity contribution in [1.82, 2.24) is 9.80 Å². The zero-order chi connectivity index (χ0) is 17.6. The lowest BCUT2D eigenvalue weighted by Crippen LogP contribution is -2.51. The first-order valence-electron chi connectivity index (χ1n) is 8.99. The number of nitrogens with zero attached hydrogens (tertiary/aromatic N) is 2. The van der Waals surface area contributed by atoms with Gasteiger partial charge in [0.05, 0.1) is 6.10 Å². The van der Waals surface area contributed by atoms with Crippen LogP contribution in [0.2, 0.25) is 0 Å². The molecule has 25 heavy (non-hydrogen) atoms. The molecular formula is C21H28N2O2. The first-order valence-corrected chi connectivity index (χ1v) is 8.99. The van der Waals surface area contributed by atoms with Gasteiger partial charge in [-0.2, -0.15) is 0 Å². The summed E-state index contributed by atoms with van der Waals surface area (Å²) in [5.74, 6) is 0.827. The first kappa shape index (κ1) is 17.9. The SMILES string of the molecule is C[C@@H]1CN(C)CCN1C[C@@H](O)c1ccc(OCc2ccccc2)cc1. The van der Waals surface area contributed by atoms with E-state index in [9.17, 15) is 5.11 Å². The van der Waals surface area contributed by atoms with E-state index in [4.69, 9.17) is 4.74 Å². The molecule has 1 N–H and O–H groups in total. The molecule has 2 atom stereocenters. The predicted molar refractivity (Wildman–Crippen MR) is 101 cm³/mol. The Hall–Kier alpha value is -1.88. The quantitative estimate of drug-likeness (QED) is 0.877. The van der Waals surface area contributed by atoms with E-state index in [1.165, 1.54) is 0 Å². The molecule has 2 aromatic rings. The number of aliphatic hydroxyl groups is 1. The fraction of sp³-hybridized carbons (Fsp3) is 0.429. The molecule has 1 fully saturated rings. The Morgan fingerprint density at radius 1 is 1.08 bits per heavy atom. The van der Waals surface area contributed by atoms with Crippen molar-refractivity contribution < 1.29 is 9.84 Å². The van der Waals surface area contributed by atoms with E-state index in [2.05, 4.69) is 35.9 Å². The van der Waals surface area contributed by atoms with Crippen molar-refractivity contribution in [3.63, 3.8) is 0 Å². The molecule has 0 amide bonds. The number of likely N-dealkylation sites (N-methyl/N-ethyl adjacent to an activating group) is 1. The number of ether oxygens (including phenoxy) is 1. The third kappa shape index (κ3) is 5.05. The highest BCUT2D eigenvalue weighted by molar-refractivity contribution is 5.29. The summed E-state index contributed by atoms with van der Waals surface area (Å²) in [6, 6.07) is 18.4. The number of β-amino-alcohol motifs (C(OH)–C–C–N with tert-alkyl or cyclic N) is 1. The maximum absolute atomic E-state index is 10.6. The number of hydrogen-bond acceptors (Lipinski definition) is 4. The lowest BCUT2D eigenvalue weighted by molar-refractivity contribution is 0.0474. The van der Waals surface area contributed by atoms with Crippen molar-refractivity contribution >= 4 is 0 Å². The van der Waals surface area contributed by atoms with Crippen LogP contribution < -0.4 is 4.74 Å². The zero-order valence-corrected chi connectivity index (χ0v) is 15.1. The highest BCUT2D eigenvalue weighted by Gasteiger charge is 2.23. The Bertz CT molecular complexity index is 645. The summed E-state index contributed by atoms with van der Waals surface area (Å²) >= 11 is 0. The summed E-state index contributed by atoms with van der Waals surface area (Å²) in [4.78, 5) is 4.71. The maximum atomic E-state index is 10.6. The van der Waals surface area contributed by atoms with Crippen LogP contribution in [0, 0.1) is 0 Å². The number of aliphatic hydroxyl groups excluding tert-OH is 1. The van der Waals surface area contributed by atoms with Gasteiger partial charge >= 0.3 is 0 Å². The predicted octanol–water partition coefficient (Wildman–Crippen LogP) is 2.93. The second kappa shape index (κ2) is 8.48. The van der Waals surface area contributed by atoms with Crippen LogP contribution in [0.5, 0.6) is 5.75 Å². The molecule has 0 bridgehead atoms. The molecule has 0 aromatic heterocycles. The molecule has 0 saturated carbocycles. The van der Waals surface area contributed by atoms with Gasteiger partial charge in [-0.05, 0) is 37.2 Å². The van der Waals surface area contributed by atoms with E-state index in [0.717, 1.165) is 36.5 Å². The lowest BCUT2D eigenvalue weighted by atomic mass is 10.1. The Kier molecular flexibility index (Phi) is 6.08. The summed E-state index contributed by atoms with van der Waals surface area (Å²) in [6.45, 7) is 6.58. The third-order valence-electron chi connectivity index (χ3n) is 4.89. The molecule has 0 spiro atoms. The second-order valence-corrected chi connectivity index (χ2v) is 6.97. The molecule has 1 heterocycles. The van der Waals surface area contributed by atoms with Gasteiger partial charge in [0.25, 0.3) is 0 Å². The Morgan fingerprint density at radius 3 is 2.48 bits per heavy atom. The Morgan fingerprint density at radius 2 is 1.80 bits per heavy atom. The Labute approximate surface area is 150 Å². The molecule has 4 nitrogen and oxygen atoms in total. The minimum atomic E-state index is -0.464. The number of benzene rings is 2. The zero-order valence-electron chi connectivity index (χ0n) is 15.1. The average Bonchev–Trinajstić information content (AvgIpc) is 2.63. The van der Waals surface area contributed by atoms with Gasteiger partial charge in [0.15, 0.2) is 0 Å². The van der Waals surface area contributed by atoms with Crippen LogP contribution in [0.4, 0.5) is 0 Å². The largest absolute Gasteiger partial charge is 0.489 e. The molecule has 0 unspecified atom stereocenters. The van der Waals surface area contributed by atoms with Crippen LogP contribution in [-0.4, -0.2) is 54.2 Å². The Balaban J connectivity index is 1.52. The van der Waals surface area contributed by atoms with Crippen LogP contribution in [0.25, 0.3) is 0 Å². The minimum Gasteiger partial charge on any atom is -0.489 e. The van der Waals surface area contributed by atoms with Crippen LogP contribution in [0.3, 0.4) is 0 Å². The van der Waals surface area contributed by atoms with Gasteiger partial charge in [-0.15, -0.1) is 0 Å². The lowest BCUT2D eigenvalue weighted by Gasteiger charge is -2.39. The molecule has 1 saturated heterocycles. The summed E-state index contributed by atoms with van der Waals surface area (Å²) in [7, 11) is 2.15. The fourth-order valence-corrected chi connectivity index (χ4v) is 3.30. The summed E-state index contributed by atoms with van der Waals surface area (Å²) < 4.78 is 5.81. The average molecular weight is 340 g/mol. The van der Waals surface area contributed by atoms with Crippen LogP contribution in [0.1, 0.15) is 24.2 Å². The molecule has 1 aliphatic rings. The van der Waals surface area contributed by atoms with E-state index in [0.29, 0.717) is 19.2 Å². The van der Waals surface area contributed by atoms with Gasteiger partial charge in [-0.25, -0.2) is 0 Å². The highest BCUT2D eigenvalue weighted by atomic mass is 16.5. The second-order valence-electron chi connectivity index (χ2n) is 6.97. The molecule has 134 valence electrons. The van der Waals surface area contributed by atoms with Gasteiger partial charge in [0.1, 0.15) is 12.4 Å². The molecule has 4 heteroatoms.